The van der Waals surface area contributed by atoms with E-state index in [2.05, 4.69) is 9.98 Å². The Labute approximate surface area is 213 Å². The van der Waals surface area contributed by atoms with Crippen LogP contribution in [0.25, 0.3) is 0 Å². The molecule has 0 radical (unpaired) electrons. The largest absolute Gasteiger partial charge is 0.489 e. The smallest absolute Gasteiger partial charge is 0.330 e. The number of ether oxygens (including phenoxy) is 4. The van der Waals surface area contributed by atoms with E-state index in [-0.39, 0.29) is 6.61 Å². The highest BCUT2D eigenvalue weighted by Gasteiger charge is 2.16. The van der Waals surface area contributed by atoms with Gasteiger partial charge in [0, 0.05) is 30.1 Å². The number of aliphatic imine (C=N–C) groups is 1. The summed E-state index contributed by atoms with van der Waals surface area (Å²) in [5.41, 5.74) is 4.27. The molecule has 0 N–H and O–H groups in total. The number of pyridine rings is 1. The Bertz CT molecular complexity index is 1100. The Morgan fingerprint density at radius 2 is 1.61 bits per heavy atom. The Morgan fingerprint density at radius 1 is 0.944 bits per heavy atom. The predicted octanol–water partition coefficient (Wildman–Crippen LogP) is 5.07. The highest BCUT2D eigenvalue weighted by Crippen LogP contribution is 2.25. The van der Waals surface area contributed by atoms with Crippen molar-refractivity contribution in [1.82, 2.24) is 4.98 Å². The lowest BCUT2D eigenvalue weighted by atomic mass is 10.1. The molecule has 0 unspecified atom stereocenters. The van der Waals surface area contributed by atoms with E-state index < -0.39 is 12.0 Å². The van der Waals surface area contributed by atoms with Gasteiger partial charge < -0.3 is 18.9 Å². The summed E-state index contributed by atoms with van der Waals surface area (Å²) < 4.78 is 22.8. The minimum atomic E-state index is -0.684. The first-order valence-electron chi connectivity index (χ1n) is 12.1. The predicted molar refractivity (Wildman–Crippen MR) is 139 cm³/mol. The third-order valence-corrected chi connectivity index (χ3v) is 5.37. The maximum Gasteiger partial charge on any atom is 0.330 e. The maximum absolute atomic E-state index is 12.5. The number of aryl methyl sites for hydroxylation is 1. The molecule has 1 aromatic heterocycles. The van der Waals surface area contributed by atoms with E-state index in [4.69, 9.17) is 18.9 Å². The van der Waals surface area contributed by atoms with Crippen LogP contribution in [0.5, 0.6) is 5.75 Å². The molecule has 0 spiro atoms. The second kappa shape index (κ2) is 14.8. The van der Waals surface area contributed by atoms with Crippen LogP contribution in [0.15, 0.2) is 71.9 Å². The Morgan fingerprint density at radius 3 is 2.28 bits per heavy atom. The van der Waals surface area contributed by atoms with Crippen molar-refractivity contribution in [3.63, 3.8) is 0 Å². The highest BCUT2D eigenvalue weighted by atomic mass is 16.5. The molecule has 0 aliphatic carbocycles. The number of benzene rings is 2. The topological polar surface area (TPSA) is 79.2 Å². The standard InChI is InChI=1S/C29H34N2O5/c1-4-33-15-16-35-28-22(2)30-17-26(21-34-19-24-11-7-5-8-12-24)27(28)18-31-23(3)29(32)36-20-25-13-9-6-10-14-25/h5-14,17-18,23H,4,15-16,19-21H2,1-3H3/t23-/m0/s1. The summed E-state index contributed by atoms with van der Waals surface area (Å²) in [6.07, 6.45) is 3.41. The van der Waals surface area contributed by atoms with Crippen LogP contribution in [-0.4, -0.2) is 43.0 Å². The van der Waals surface area contributed by atoms with Gasteiger partial charge in [0.2, 0.25) is 0 Å². The minimum Gasteiger partial charge on any atom is -0.489 e. The average Bonchev–Trinajstić information content (AvgIpc) is 2.91. The van der Waals surface area contributed by atoms with Gasteiger partial charge in [-0.3, -0.25) is 9.98 Å². The van der Waals surface area contributed by atoms with Gasteiger partial charge in [0.25, 0.3) is 0 Å². The number of esters is 1. The van der Waals surface area contributed by atoms with Gasteiger partial charge in [-0.25, -0.2) is 4.79 Å². The van der Waals surface area contributed by atoms with Crippen molar-refractivity contribution in [3.8, 4) is 5.75 Å². The second-order valence-electron chi connectivity index (χ2n) is 8.18. The molecule has 0 amide bonds. The minimum absolute atomic E-state index is 0.207. The van der Waals surface area contributed by atoms with Gasteiger partial charge in [0.05, 0.1) is 25.5 Å². The summed E-state index contributed by atoms with van der Waals surface area (Å²) in [5.74, 6) is 0.200. The first-order valence-corrected chi connectivity index (χ1v) is 12.1. The molecule has 7 nitrogen and oxygen atoms in total. The molecule has 3 rings (SSSR count). The molecule has 0 aliphatic rings. The quantitative estimate of drug-likeness (QED) is 0.178. The van der Waals surface area contributed by atoms with Crippen molar-refractivity contribution in [2.75, 3.05) is 19.8 Å². The summed E-state index contributed by atoms with van der Waals surface area (Å²) in [6.45, 7) is 7.96. The molecule has 0 aliphatic heterocycles. The van der Waals surface area contributed by atoms with Crippen molar-refractivity contribution in [2.24, 2.45) is 4.99 Å². The molecule has 7 heteroatoms. The lowest BCUT2D eigenvalue weighted by Gasteiger charge is -2.16. The Balaban J connectivity index is 1.73. The fourth-order valence-corrected chi connectivity index (χ4v) is 3.38. The molecule has 2 aromatic carbocycles. The van der Waals surface area contributed by atoms with E-state index in [9.17, 15) is 4.79 Å². The number of carbonyl (C=O) groups excluding carboxylic acids is 1. The van der Waals surface area contributed by atoms with Crippen LogP contribution < -0.4 is 4.74 Å². The number of nitrogens with zero attached hydrogens (tertiary/aromatic N) is 2. The fourth-order valence-electron chi connectivity index (χ4n) is 3.38. The number of rotatable bonds is 14. The lowest BCUT2D eigenvalue weighted by Crippen LogP contribution is -2.18. The van der Waals surface area contributed by atoms with E-state index in [0.717, 1.165) is 27.9 Å². The molecule has 36 heavy (non-hydrogen) atoms. The zero-order chi connectivity index (χ0) is 25.6. The normalized spacial score (nSPS) is 12.0. The van der Waals surface area contributed by atoms with Crippen molar-refractivity contribution in [1.29, 1.82) is 0 Å². The molecule has 3 aromatic rings. The molecular weight excluding hydrogens is 456 g/mol. The van der Waals surface area contributed by atoms with Crippen molar-refractivity contribution in [3.05, 3.63) is 94.8 Å². The zero-order valence-corrected chi connectivity index (χ0v) is 21.2. The first-order chi connectivity index (χ1) is 17.6. The monoisotopic (exact) mass is 490 g/mol. The van der Waals surface area contributed by atoms with Crippen LogP contribution in [0.3, 0.4) is 0 Å². The summed E-state index contributed by atoms with van der Waals surface area (Å²) in [6, 6.07) is 18.8. The molecular formula is C29H34N2O5. The number of hydrogen-bond acceptors (Lipinski definition) is 7. The molecule has 0 fully saturated rings. The van der Waals surface area contributed by atoms with Crippen LogP contribution in [0.4, 0.5) is 0 Å². The van der Waals surface area contributed by atoms with Crippen molar-refractivity contribution < 1.29 is 23.7 Å². The van der Waals surface area contributed by atoms with Crippen molar-refractivity contribution in [2.45, 2.75) is 46.6 Å². The second-order valence-corrected chi connectivity index (χ2v) is 8.18. The van der Waals surface area contributed by atoms with Crippen LogP contribution in [0, 0.1) is 6.92 Å². The van der Waals surface area contributed by atoms with Gasteiger partial charge in [0.1, 0.15) is 25.0 Å². The molecule has 0 saturated carbocycles. The molecule has 0 saturated heterocycles. The molecule has 1 heterocycles. The van der Waals surface area contributed by atoms with Gasteiger partial charge in [-0.1, -0.05) is 60.7 Å². The van der Waals surface area contributed by atoms with E-state index >= 15 is 0 Å². The number of aromatic nitrogens is 1. The van der Waals surface area contributed by atoms with E-state index in [1.54, 1.807) is 19.3 Å². The van der Waals surface area contributed by atoms with Gasteiger partial charge >= 0.3 is 5.97 Å². The van der Waals surface area contributed by atoms with Gasteiger partial charge in [-0.15, -0.1) is 0 Å². The van der Waals surface area contributed by atoms with Crippen LogP contribution >= 0.6 is 0 Å². The molecule has 1 atom stereocenters. The van der Waals surface area contributed by atoms with E-state index in [1.165, 1.54) is 0 Å². The SMILES string of the molecule is CCOCCOc1c(C)ncc(COCc2ccccc2)c1C=N[C@@H](C)C(=O)OCc1ccccc1. The van der Waals surface area contributed by atoms with E-state index in [0.29, 0.717) is 38.8 Å². The Kier molecular flexibility index (Phi) is 11.1. The summed E-state index contributed by atoms with van der Waals surface area (Å²) >= 11 is 0. The third-order valence-electron chi connectivity index (χ3n) is 5.37. The van der Waals surface area contributed by atoms with Crippen molar-refractivity contribution >= 4 is 12.2 Å². The summed E-state index contributed by atoms with van der Waals surface area (Å²) in [7, 11) is 0. The third kappa shape index (κ3) is 8.59. The number of hydrogen-bond donors (Lipinski definition) is 0. The summed E-state index contributed by atoms with van der Waals surface area (Å²) in [5, 5.41) is 0. The highest BCUT2D eigenvalue weighted by molar-refractivity contribution is 5.88. The zero-order valence-electron chi connectivity index (χ0n) is 21.2. The van der Waals surface area contributed by atoms with Gasteiger partial charge in [-0.2, -0.15) is 0 Å². The van der Waals surface area contributed by atoms with E-state index in [1.807, 2.05) is 74.5 Å². The van der Waals surface area contributed by atoms with Gasteiger partial charge in [-0.05, 0) is 31.9 Å². The lowest BCUT2D eigenvalue weighted by molar-refractivity contribution is -0.145. The molecule has 190 valence electrons. The van der Waals surface area contributed by atoms with Crippen LogP contribution in [0.2, 0.25) is 0 Å². The molecule has 0 bridgehead atoms. The average molecular weight is 491 g/mol. The maximum atomic E-state index is 12.5. The first kappa shape index (κ1) is 27.0. The summed E-state index contributed by atoms with van der Waals surface area (Å²) in [4.78, 5) is 21.5. The number of carbonyl (C=O) groups is 1. The van der Waals surface area contributed by atoms with Crippen LogP contribution in [-0.2, 0) is 38.8 Å². The van der Waals surface area contributed by atoms with Crippen LogP contribution in [0.1, 0.15) is 41.8 Å². The fraction of sp³-hybridized carbons (Fsp3) is 0.345. The van der Waals surface area contributed by atoms with Gasteiger partial charge in [0.15, 0.2) is 0 Å². The Hall–Kier alpha value is -3.55.